The minimum atomic E-state index is -0.290. The van der Waals surface area contributed by atoms with Crippen LogP contribution in [0.3, 0.4) is 0 Å². The zero-order valence-corrected chi connectivity index (χ0v) is 12.7. The number of hydrogen-bond acceptors (Lipinski definition) is 4. The largest absolute Gasteiger partial charge is 0.456 e. The fraction of sp³-hybridized carbons (Fsp3) is 0.176. The highest BCUT2D eigenvalue weighted by Gasteiger charge is 2.19. The van der Waals surface area contributed by atoms with Gasteiger partial charge >= 0.3 is 5.97 Å². The zero-order valence-electron chi connectivity index (χ0n) is 11.9. The molecule has 0 saturated carbocycles. The van der Waals surface area contributed by atoms with Gasteiger partial charge in [0.25, 0.3) is 0 Å². The van der Waals surface area contributed by atoms with E-state index in [0.29, 0.717) is 24.8 Å². The predicted molar refractivity (Wildman–Crippen MR) is 84.0 cm³/mol. The lowest BCUT2D eigenvalue weighted by Gasteiger charge is -2.25. The van der Waals surface area contributed by atoms with Crippen LogP contribution in [-0.2, 0) is 22.6 Å². The molecule has 0 saturated heterocycles. The van der Waals surface area contributed by atoms with Crippen molar-refractivity contribution in [1.82, 2.24) is 9.88 Å². The number of hydrogen-bond donors (Lipinski definition) is 0. The number of rotatable bonds is 5. The molecule has 0 unspecified atom stereocenters. The fourth-order valence-corrected chi connectivity index (χ4v) is 2.44. The van der Waals surface area contributed by atoms with Gasteiger partial charge in [-0.05, 0) is 17.2 Å². The Morgan fingerprint density at radius 2 is 1.86 bits per heavy atom. The summed E-state index contributed by atoms with van der Waals surface area (Å²) in [6, 6.07) is 13.8. The third-order valence-electron chi connectivity index (χ3n) is 3.43. The second-order valence-corrected chi connectivity index (χ2v) is 5.46. The van der Waals surface area contributed by atoms with E-state index in [-0.39, 0.29) is 5.97 Å². The highest BCUT2D eigenvalue weighted by Crippen LogP contribution is 2.19. The van der Waals surface area contributed by atoms with Gasteiger partial charge in [0, 0.05) is 25.4 Å². The van der Waals surface area contributed by atoms with E-state index < -0.39 is 0 Å². The molecule has 1 aliphatic heterocycles. The summed E-state index contributed by atoms with van der Waals surface area (Å²) < 4.78 is 5.03. The zero-order chi connectivity index (χ0) is 15.4. The topological polar surface area (TPSA) is 42.4 Å². The fourth-order valence-electron chi connectivity index (χ4n) is 2.33. The Kier molecular flexibility index (Phi) is 4.39. The molecule has 112 valence electrons. The summed E-state index contributed by atoms with van der Waals surface area (Å²) in [6.07, 6.45) is 3.30. The molecule has 1 aromatic heterocycles. The van der Waals surface area contributed by atoms with Crippen LogP contribution in [-0.4, -0.2) is 22.5 Å². The van der Waals surface area contributed by atoms with Gasteiger partial charge in [-0.2, -0.15) is 0 Å². The molecule has 0 spiro atoms. The van der Waals surface area contributed by atoms with Crippen LogP contribution in [0.2, 0.25) is 5.15 Å². The van der Waals surface area contributed by atoms with Gasteiger partial charge in [0.1, 0.15) is 11.8 Å². The molecule has 2 aromatic rings. The lowest BCUT2D eigenvalue weighted by Crippen LogP contribution is -2.23. The molecule has 1 aliphatic rings. The Morgan fingerprint density at radius 1 is 1.09 bits per heavy atom. The van der Waals surface area contributed by atoms with Crippen LogP contribution in [0.25, 0.3) is 0 Å². The molecule has 2 heterocycles. The molecule has 4 nitrogen and oxygen atoms in total. The average molecular weight is 315 g/mol. The number of nitrogens with zero attached hydrogens (tertiary/aromatic N) is 2. The highest BCUT2D eigenvalue weighted by molar-refractivity contribution is 6.29. The lowest BCUT2D eigenvalue weighted by atomic mass is 10.2. The summed E-state index contributed by atoms with van der Waals surface area (Å²) in [4.78, 5) is 17.6. The minimum absolute atomic E-state index is 0.290. The molecule has 3 rings (SSSR count). The number of ether oxygens (including phenoxy) is 1. The monoisotopic (exact) mass is 314 g/mol. The van der Waals surface area contributed by atoms with E-state index in [1.165, 1.54) is 5.56 Å². The summed E-state index contributed by atoms with van der Waals surface area (Å²) in [5, 5.41) is 0.469. The summed E-state index contributed by atoms with van der Waals surface area (Å²) in [5.41, 5.74) is 3.08. The molecule has 1 aromatic carbocycles. The number of carbonyl (C=O) groups excluding carboxylic acids is 1. The van der Waals surface area contributed by atoms with Gasteiger partial charge in [-0.3, -0.25) is 0 Å². The molecule has 0 fully saturated rings. The summed E-state index contributed by atoms with van der Waals surface area (Å²) in [6.45, 7) is 1.65. The Morgan fingerprint density at radius 3 is 2.50 bits per heavy atom. The first-order valence-electron chi connectivity index (χ1n) is 6.97. The first kappa shape index (κ1) is 14.6. The number of aromatic nitrogens is 1. The molecule has 0 atom stereocenters. The van der Waals surface area contributed by atoms with Crippen LogP contribution in [0.4, 0.5) is 0 Å². The molecular formula is C17H15ClN2O2. The molecule has 0 aliphatic carbocycles. The number of carbonyl (C=O) groups is 1. The van der Waals surface area contributed by atoms with Crippen molar-refractivity contribution >= 4 is 17.6 Å². The second-order valence-electron chi connectivity index (χ2n) is 5.07. The van der Waals surface area contributed by atoms with E-state index in [2.05, 4.69) is 22.0 Å². The highest BCUT2D eigenvalue weighted by atomic mass is 35.5. The smallest absolute Gasteiger partial charge is 0.333 e. The van der Waals surface area contributed by atoms with Gasteiger partial charge in [-0.25, -0.2) is 9.78 Å². The lowest BCUT2D eigenvalue weighted by molar-refractivity contribution is -0.135. The standard InChI is InChI=1S/C17H15ClN2O2/c18-16-7-6-14(9-19-16)11-20(15-8-17(21)22-12-15)10-13-4-2-1-3-5-13/h1-9H,10-12H2. The van der Waals surface area contributed by atoms with Crippen molar-refractivity contribution in [2.24, 2.45) is 0 Å². The van der Waals surface area contributed by atoms with Gasteiger partial charge in [0.2, 0.25) is 0 Å². The molecule has 0 bridgehead atoms. The Hall–Kier alpha value is -2.33. The maximum Gasteiger partial charge on any atom is 0.333 e. The van der Waals surface area contributed by atoms with Crippen LogP contribution in [0.1, 0.15) is 11.1 Å². The first-order chi connectivity index (χ1) is 10.7. The quantitative estimate of drug-likeness (QED) is 0.628. The van der Waals surface area contributed by atoms with Crippen molar-refractivity contribution in [2.75, 3.05) is 6.61 Å². The maximum absolute atomic E-state index is 11.4. The number of esters is 1. The summed E-state index contributed by atoms with van der Waals surface area (Å²) in [7, 11) is 0. The van der Waals surface area contributed by atoms with E-state index in [4.69, 9.17) is 16.3 Å². The second kappa shape index (κ2) is 6.62. The number of pyridine rings is 1. The van der Waals surface area contributed by atoms with Gasteiger partial charge < -0.3 is 9.64 Å². The Bertz CT molecular complexity index is 684. The van der Waals surface area contributed by atoms with Crippen LogP contribution in [0, 0.1) is 0 Å². The molecule has 0 amide bonds. The molecule has 0 N–H and O–H groups in total. The summed E-state index contributed by atoms with van der Waals surface area (Å²) in [5.74, 6) is -0.290. The normalized spacial score (nSPS) is 13.7. The first-order valence-corrected chi connectivity index (χ1v) is 7.35. The van der Waals surface area contributed by atoms with Gasteiger partial charge in [0.15, 0.2) is 0 Å². The van der Waals surface area contributed by atoms with Crippen molar-refractivity contribution in [3.8, 4) is 0 Å². The van der Waals surface area contributed by atoms with Crippen LogP contribution in [0.15, 0.2) is 60.4 Å². The SMILES string of the molecule is O=C1C=C(N(Cc2ccccc2)Cc2ccc(Cl)nc2)CO1. The van der Waals surface area contributed by atoms with E-state index in [1.807, 2.05) is 24.3 Å². The van der Waals surface area contributed by atoms with Crippen molar-refractivity contribution in [3.63, 3.8) is 0 Å². The predicted octanol–water partition coefficient (Wildman–Crippen LogP) is 3.18. The van der Waals surface area contributed by atoms with Crippen LogP contribution in [0.5, 0.6) is 0 Å². The third kappa shape index (κ3) is 3.65. The molecule has 22 heavy (non-hydrogen) atoms. The van der Waals surface area contributed by atoms with E-state index in [0.717, 1.165) is 11.3 Å². The van der Waals surface area contributed by atoms with Crippen molar-refractivity contribution < 1.29 is 9.53 Å². The van der Waals surface area contributed by atoms with Crippen LogP contribution >= 0.6 is 11.6 Å². The number of halogens is 1. The van der Waals surface area contributed by atoms with Gasteiger partial charge in [-0.1, -0.05) is 48.0 Å². The van der Waals surface area contributed by atoms with Crippen molar-refractivity contribution in [2.45, 2.75) is 13.1 Å². The molecule has 5 heteroatoms. The molecular weight excluding hydrogens is 300 g/mol. The van der Waals surface area contributed by atoms with Crippen molar-refractivity contribution in [1.29, 1.82) is 0 Å². The van der Waals surface area contributed by atoms with E-state index in [1.54, 1.807) is 18.3 Å². The van der Waals surface area contributed by atoms with Crippen LogP contribution < -0.4 is 0 Å². The Labute approximate surface area is 134 Å². The summed E-state index contributed by atoms with van der Waals surface area (Å²) >= 11 is 5.82. The number of cyclic esters (lactones) is 1. The Balaban J connectivity index is 1.81. The van der Waals surface area contributed by atoms with Gasteiger partial charge in [0.05, 0.1) is 5.70 Å². The molecule has 0 radical (unpaired) electrons. The van der Waals surface area contributed by atoms with Gasteiger partial charge in [-0.15, -0.1) is 0 Å². The van der Waals surface area contributed by atoms with Crippen molar-refractivity contribution in [3.05, 3.63) is 76.7 Å². The average Bonchev–Trinajstić information content (AvgIpc) is 2.96. The maximum atomic E-state index is 11.4. The number of benzene rings is 1. The van der Waals surface area contributed by atoms with E-state index >= 15 is 0 Å². The van der Waals surface area contributed by atoms with E-state index in [9.17, 15) is 4.79 Å². The third-order valence-corrected chi connectivity index (χ3v) is 3.65. The minimum Gasteiger partial charge on any atom is -0.456 e.